The number of halogens is 3. The SMILES string of the molecule is COC(=O)c1cc2ccccc2c(-c2ccccc2F)n1.COC(=O)c1cc2ccccc2c(Cl)n1.OB(O)c1ccccc1F. The lowest BCUT2D eigenvalue weighted by Gasteiger charge is -2.09. The number of pyridine rings is 2. The Morgan fingerprint density at radius 3 is 1.70 bits per heavy atom. The summed E-state index contributed by atoms with van der Waals surface area (Å²) in [5.41, 5.74) is 1.09. The van der Waals surface area contributed by atoms with Crippen LogP contribution in [-0.4, -0.2) is 53.3 Å². The zero-order valence-corrected chi connectivity index (χ0v) is 25.3. The van der Waals surface area contributed by atoms with E-state index in [9.17, 15) is 18.4 Å². The normalized spacial score (nSPS) is 10.2. The van der Waals surface area contributed by atoms with Gasteiger partial charge in [0.2, 0.25) is 0 Å². The molecule has 0 atom stereocenters. The molecule has 6 rings (SSSR count). The van der Waals surface area contributed by atoms with E-state index in [1.807, 2.05) is 48.5 Å². The molecule has 0 aliphatic heterocycles. The Bertz CT molecular complexity index is 2010. The second-order valence-electron chi connectivity index (χ2n) is 9.45. The summed E-state index contributed by atoms with van der Waals surface area (Å²) in [7, 11) is 0.885. The minimum atomic E-state index is -1.72. The third kappa shape index (κ3) is 8.08. The van der Waals surface area contributed by atoms with Crippen molar-refractivity contribution in [3.05, 3.63) is 137 Å². The molecule has 2 heterocycles. The number of esters is 2. The van der Waals surface area contributed by atoms with Crippen molar-refractivity contribution in [2.24, 2.45) is 0 Å². The van der Waals surface area contributed by atoms with Gasteiger partial charge >= 0.3 is 19.1 Å². The molecule has 0 saturated heterocycles. The minimum absolute atomic E-state index is 0.0949. The quantitative estimate of drug-likeness (QED) is 0.136. The molecule has 232 valence electrons. The third-order valence-electron chi connectivity index (χ3n) is 6.54. The highest BCUT2D eigenvalue weighted by atomic mass is 35.5. The summed E-state index contributed by atoms with van der Waals surface area (Å²) in [4.78, 5) is 31.3. The molecule has 0 aliphatic rings. The maximum atomic E-state index is 14.1. The molecule has 0 bridgehead atoms. The lowest BCUT2D eigenvalue weighted by atomic mass is 9.80. The molecule has 0 saturated carbocycles. The van der Waals surface area contributed by atoms with E-state index in [1.54, 1.807) is 30.3 Å². The van der Waals surface area contributed by atoms with Crippen molar-refractivity contribution in [3.8, 4) is 11.3 Å². The Kier molecular flexibility index (Phi) is 11.5. The summed E-state index contributed by atoms with van der Waals surface area (Å²) in [5.74, 6) is -2.00. The Balaban J connectivity index is 0.000000168. The topological polar surface area (TPSA) is 119 Å². The summed E-state index contributed by atoms with van der Waals surface area (Å²) < 4.78 is 35.9. The first kappa shape index (κ1) is 33.7. The van der Waals surface area contributed by atoms with Crippen LogP contribution in [-0.2, 0) is 9.47 Å². The van der Waals surface area contributed by atoms with Gasteiger partial charge in [0.15, 0.2) is 5.69 Å². The zero-order valence-electron chi connectivity index (χ0n) is 24.5. The van der Waals surface area contributed by atoms with Gasteiger partial charge in [-0.1, -0.05) is 90.5 Å². The highest BCUT2D eigenvalue weighted by Crippen LogP contribution is 2.29. The van der Waals surface area contributed by atoms with Crippen LogP contribution >= 0.6 is 11.6 Å². The van der Waals surface area contributed by atoms with Gasteiger partial charge in [-0.05, 0) is 41.1 Å². The molecule has 2 aromatic heterocycles. The molecule has 12 heteroatoms. The summed E-state index contributed by atoms with van der Waals surface area (Å²) >= 11 is 5.94. The lowest BCUT2D eigenvalue weighted by molar-refractivity contribution is 0.0585. The predicted octanol–water partition coefficient (Wildman–Crippen LogP) is 6.01. The van der Waals surface area contributed by atoms with Gasteiger partial charge in [0.05, 0.1) is 19.9 Å². The Morgan fingerprint density at radius 2 is 1.15 bits per heavy atom. The van der Waals surface area contributed by atoms with Crippen LogP contribution in [0.25, 0.3) is 32.8 Å². The second-order valence-corrected chi connectivity index (χ2v) is 9.81. The van der Waals surface area contributed by atoms with E-state index in [0.29, 0.717) is 16.4 Å². The molecule has 4 aromatic carbocycles. The average Bonchev–Trinajstić information content (AvgIpc) is 3.08. The van der Waals surface area contributed by atoms with Gasteiger partial charge in [0.25, 0.3) is 0 Å². The summed E-state index contributed by atoms with van der Waals surface area (Å²) in [6.45, 7) is 0. The van der Waals surface area contributed by atoms with E-state index >= 15 is 0 Å². The minimum Gasteiger partial charge on any atom is -0.464 e. The molecule has 2 N–H and O–H groups in total. The molecule has 8 nitrogen and oxygen atoms in total. The van der Waals surface area contributed by atoms with Crippen LogP contribution in [0.3, 0.4) is 0 Å². The fourth-order valence-electron chi connectivity index (χ4n) is 4.32. The van der Waals surface area contributed by atoms with Crippen LogP contribution < -0.4 is 5.46 Å². The van der Waals surface area contributed by atoms with Crippen LogP contribution in [0.4, 0.5) is 8.78 Å². The van der Waals surface area contributed by atoms with Crippen LogP contribution in [0.15, 0.2) is 109 Å². The van der Waals surface area contributed by atoms with Gasteiger partial charge in [0, 0.05) is 21.8 Å². The molecule has 0 spiro atoms. The first-order valence-electron chi connectivity index (χ1n) is 13.6. The van der Waals surface area contributed by atoms with E-state index in [0.717, 1.165) is 21.5 Å². The number of fused-ring (bicyclic) bond motifs is 2. The number of methoxy groups -OCH3 is 2. The van der Waals surface area contributed by atoms with Gasteiger partial charge in [-0.25, -0.2) is 28.3 Å². The number of rotatable bonds is 4. The van der Waals surface area contributed by atoms with Crippen molar-refractivity contribution in [2.75, 3.05) is 14.2 Å². The van der Waals surface area contributed by atoms with Crippen molar-refractivity contribution in [1.29, 1.82) is 0 Å². The van der Waals surface area contributed by atoms with Crippen LogP contribution in [0.1, 0.15) is 21.0 Å². The molecule has 0 fully saturated rings. The Labute approximate surface area is 268 Å². The Hall–Kier alpha value is -5.23. The number of aromatic nitrogens is 2. The molecule has 0 unspecified atom stereocenters. The smallest absolute Gasteiger partial charge is 0.464 e. The fourth-order valence-corrected chi connectivity index (χ4v) is 4.58. The number of ether oxygens (including phenoxy) is 2. The first-order chi connectivity index (χ1) is 22.1. The van der Waals surface area contributed by atoms with Gasteiger partial charge < -0.3 is 19.5 Å². The number of hydrogen-bond acceptors (Lipinski definition) is 8. The van der Waals surface area contributed by atoms with E-state index < -0.39 is 24.9 Å². The largest absolute Gasteiger partial charge is 0.491 e. The molecular formula is C34H26BClF2N2O6. The number of benzene rings is 4. The van der Waals surface area contributed by atoms with Crippen molar-refractivity contribution in [2.45, 2.75) is 0 Å². The zero-order chi connectivity index (χ0) is 33.2. The van der Waals surface area contributed by atoms with Gasteiger partial charge in [0.1, 0.15) is 22.5 Å². The Morgan fingerprint density at radius 1 is 0.674 bits per heavy atom. The van der Waals surface area contributed by atoms with E-state index in [-0.39, 0.29) is 22.7 Å². The molecule has 0 amide bonds. The maximum Gasteiger partial charge on any atom is 0.491 e. The molecule has 6 aromatic rings. The fraction of sp³-hybridized carbons (Fsp3) is 0.0588. The van der Waals surface area contributed by atoms with Crippen molar-refractivity contribution >= 4 is 57.7 Å². The monoisotopic (exact) mass is 642 g/mol. The van der Waals surface area contributed by atoms with E-state index in [4.69, 9.17) is 26.4 Å². The molecule has 0 aliphatic carbocycles. The van der Waals surface area contributed by atoms with Gasteiger partial charge in [-0.15, -0.1) is 0 Å². The van der Waals surface area contributed by atoms with E-state index in [2.05, 4.69) is 14.7 Å². The van der Waals surface area contributed by atoms with E-state index in [1.165, 1.54) is 44.6 Å². The van der Waals surface area contributed by atoms with Gasteiger partial charge in [-0.3, -0.25) is 0 Å². The standard InChI is InChI=1S/C17H12FNO2.C11H8ClNO2.C6H6BFO2/c1-21-17(20)15-10-11-6-2-3-7-12(11)16(19-15)13-8-4-5-9-14(13)18;1-15-11(14)9-6-7-4-2-3-5-8(7)10(12)13-9;8-6-4-2-1-3-5(6)7(9)10/h2-10H,1H3;2-6H,1H3;1-4,9-10H. The van der Waals surface area contributed by atoms with Gasteiger partial charge in [-0.2, -0.15) is 0 Å². The predicted molar refractivity (Wildman–Crippen MR) is 173 cm³/mol. The van der Waals surface area contributed by atoms with Crippen LogP contribution in [0.5, 0.6) is 0 Å². The van der Waals surface area contributed by atoms with Crippen molar-refractivity contribution in [1.82, 2.24) is 9.97 Å². The summed E-state index contributed by atoms with van der Waals surface area (Å²) in [5, 5.41) is 20.7. The molecular weight excluding hydrogens is 617 g/mol. The van der Waals surface area contributed by atoms with Crippen molar-refractivity contribution in [3.63, 3.8) is 0 Å². The molecule has 46 heavy (non-hydrogen) atoms. The second kappa shape index (κ2) is 15.7. The summed E-state index contributed by atoms with van der Waals surface area (Å²) in [6.07, 6.45) is 0. The number of carbonyl (C=O) groups is 2. The highest BCUT2D eigenvalue weighted by molar-refractivity contribution is 6.58. The highest BCUT2D eigenvalue weighted by Gasteiger charge is 2.16. The van der Waals surface area contributed by atoms with Crippen LogP contribution in [0, 0.1) is 11.6 Å². The maximum absolute atomic E-state index is 14.1. The number of nitrogens with zero attached hydrogens (tertiary/aromatic N) is 2. The summed E-state index contributed by atoms with van der Waals surface area (Å²) in [6, 6.07) is 30.1. The third-order valence-corrected chi connectivity index (χ3v) is 6.82. The average molecular weight is 643 g/mol. The lowest BCUT2D eigenvalue weighted by Crippen LogP contribution is -2.32. The van der Waals surface area contributed by atoms with Crippen molar-refractivity contribution < 1.29 is 37.9 Å². The van der Waals surface area contributed by atoms with Crippen LogP contribution in [0.2, 0.25) is 5.15 Å². The number of hydrogen-bond donors (Lipinski definition) is 2. The molecule has 0 radical (unpaired) electrons. The first-order valence-corrected chi connectivity index (χ1v) is 14.0. The number of carbonyl (C=O) groups excluding carboxylic acids is 2.